The fraction of sp³-hybridized carbons (Fsp3) is 0.250. The summed E-state index contributed by atoms with van der Waals surface area (Å²) in [6, 6.07) is 12.8. The highest BCUT2D eigenvalue weighted by atomic mass is 19.3. The van der Waals surface area contributed by atoms with Crippen LogP contribution in [0.25, 0.3) is 0 Å². The number of hydrogen-bond acceptors (Lipinski definition) is 2. The van der Waals surface area contributed by atoms with E-state index in [1.165, 1.54) is 28.8 Å². The van der Waals surface area contributed by atoms with Crippen molar-refractivity contribution in [1.82, 2.24) is 0 Å². The molecule has 106 valence electrons. The fourth-order valence-corrected chi connectivity index (χ4v) is 1.94. The third-order valence-electron chi connectivity index (χ3n) is 3.07. The van der Waals surface area contributed by atoms with Crippen LogP contribution in [0.1, 0.15) is 16.7 Å². The maximum absolute atomic E-state index is 12.0. The number of alkyl halides is 2. The lowest BCUT2D eigenvalue weighted by atomic mass is 10.1. The number of benzene rings is 2. The van der Waals surface area contributed by atoms with Crippen LogP contribution < -0.4 is 10.1 Å². The van der Waals surface area contributed by atoms with Crippen molar-refractivity contribution in [1.29, 1.82) is 0 Å². The minimum absolute atomic E-state index is 0.164. The molecule has 0 aliphatic carbocycles. The van der Waals surface area contributed by atoms with E-state index < -0.39 is 6.61 Å². The zero-order valence-corrected chi connectivity index (χ0v) is 11.5. The normalized spacial score (nSPS) is 10.7. The van der Waals surface area contributed by atoms with Gasteiger partial charge in [0.2, 0.25) is 0 Å². The van der Waals surface area contributed by atoms with E-state index in [1.807, 2.05) is 0 Å². The summed E-state index contributed by atoms with van der Waals surface area (Å²) < 4.78 is 28.4. The van der Waals surface area contributed by atoms with Crippen LogP contribution in [0.15, 0.2) is 42.5 Å². The molecular formula is C16H17F2NO. The summed E-state index contributed by atoms with van der Waals surface area (Å²) in [5.74, 6) is 0.164. The highest BCUT2D eigenvalue weighted by Gasteiger charge is 2.04. The van der Waals surface area contributed by atoms with Crippen molar-refractivity contribution in [2.75, 3.05) is 5.32 Å². The Labute approximate surface area is 117 Å². The van der Waals surface area contributed by atoms with Crippen molar-refractivity contribution >= 4 is 5.69 Å². The summed E-state index contributed by atoms with van der Waals surface area (Å²) in [5, 5.41) is 3.27. The predicted octanol–water partition coefficient (Wildman–Crippen LogP) is 4.52. The Balaban J connectivity index is 1.98. The molecule has 0 saturated heterocycles. The lowest BCUT2D eigenvalue weighted by molar-refractivity contribution is -0.0498. The van der Waals surface area contributed by atoms with Gasteiger partial charge in [-0.25, -0.2) is 0 Å². The van der Waals surface area contributed by atoms with Crippen LogP contribution in [0.5, 0.6) is 5.75 Å². The second kappa shape index (κ2) is 6.37. The van der Waals surface area contributed by atoms with Crippen LogP contribution in [0.2, 0.25) is 0 Å². The standard InChI is InChI=1S/C16H17F2NO/c1-11-3-4-12(2)13(9-11)10-19-14-5-7-15(8-6-14)20-16(17)18/h3-9,16,19H,10H2,1-2H3. The molecule has 2 aromatic carbocycles. The van der Waals surface area contributed by atoms with Gasteiger partial charge in [-0.15, -0.1) is 0 Å². The van der Waals surface area contributed by atoms with Gasteiger partial charge in [0, 0.05) is 12.2 Å². The third-order valence-corrected chi connectivity index (χ3v) is 3.07. The Morgan fingerprint density at radius 2 is 1.75 bits per heavy atom. The minimum atomic E-state index is -2.79. The second-order valence-electron chi connectivity index (χ2n) is 4.69. The lowest BCUT2D eigenvalue weighted by Crippen LogP contribution is -2.03. The van der Waals surface area contributed by atoms with Gasteiger partial charge in [-0.1, -0.05) is 23.8 Å². The average molecular weight is 277 g/mol. The maximum Gasteiger partial charge on any atom is 0.387 e. The van der Waals surface area contributed by atoms with Gasteiger partial charge >= 0.3 is 6.61 Å². The first kappa shape index (κ1) is 14.3. The first-order valence-corrected chi connectivity index (χ1v) is 6.39. The second-order valence-corrected chi connectivity index (χ2v) is 4.69. The van der Waals surface area contributed by atoms with Crippen LogP contribution >= 0.6 is 0 Å². The van der Waals surface area contributed by atoms with E-state index in [0.717, 1.165) is 5.69 Å². The molecule has 0 spiro atoms. The van der Waals surface area contributed by atoms with Crippen molar-refractivity contribution in [3.63, 3.8) is 0 Å². The van der Waals surface area contributed by atoms with Crippen LogP contribution in [0, 0.1) is 13.8 Å². The van der Waals surface area contributed by atoms with Crippen LogP contribution in [-0.4, -0.2) is 6.61 Å². The van der Waals surface area contributed by atoms with Crippen molar-refractivity contribution < 1.29 is 13.5 Å². The van der Waals surface area contributed by atoms with Gasteiger partial charge in [-0.05, 0) is 49.2 Å². The molecule has 0 fully saturated rings. The van der Waals surface area contributed by atoms with E-state index in [2.05, 4.69) is 42.1 Å². The number of rotatable bonds is 5. The molecule has 4 heteroatoms. The summed E-state index contributed by atoms with van der Waals surface area (Å²) in [7, 11) is 0. The molecule has 0 radical (unpaired) electrons. The number of hydrogen-bond donors (Lipinski definition) is 1. The molecule has 2 nitrogen and oxygen atoms in total. The molecule has 0 aliphatic rings. The topological polar surface area (TPSA) is 21.3 Å². The molecule has 0 unspecified atom stereocenters. The molecule has 0 aliphatic heterocycles. The number of nitrogens with one attached hydrogen (secondary N) is 1. The molecule has 0 atom stereocenters. The molecule has 2 aromatic rings. The first-order chi connectivity index (χ1) is 9.54. The SMILES string of the molecule is Cc1ccc(C)c(CNc2ccc(OC(F)F)cc2)c1. The smallest absolute Gasteiger partial charge is 0.387 e. The van der Waals surface area contributed by atoms with Crippen molar-refractivity contribution in [2.24, 2.45) is 0 Å². The van der Waals surface area contributed by atoms with Gasteiger partial charge in [-0.2, -0.15) is 8.78 Å². The molecule has 1 N–H and O–H groups in total. The van der Waals surface area contributed by atoms with E-state index in [0.29, 0.717) is 6.54 Å². The van der Waals surface area contributed by atoms with E-state index in [4.69, 9.17) is 0 Å². The summed E-state index contributed by atoms with van der Waals surface area (Å²) in [6.07, 6.45) is 0. The van der Waals surface area contributed by atoms with E-state index >= 15 is 0 Å². The summed E-state index contributed by atoms with van der Waals surface area (Å²) >= 11 is 0. The minimum Gasteiger partial charge on any atom is -0.435 e. The highest BCUT2D eigenvalue weighted by Crippen LogP contribution is 2.19. The van der Waals surface area contributed by atoms with Gasteiger partial charge in [0.05, 0.1) is 0 Å². The number of aryl methyl sites for hydroxylation is 2. The number of halogens is 2. The first-order valence-electron chi connectivity index (χ1n) is 6.39. The van der Waals surface area contributed by atoms with Gasteiger partial charge in [-0.3, -0.25) is 0 Å². The van der Waals surface area contributed by atoms with Gasteiger partial charge in [0.25, 0.3) is 0 Å². The van der Waals surface area contributed by atoms with Gasteiger partial charge < -0.3 is 10.1 Å². The van der Waals surface area contributed by atoms with Gasteiger partial charge in [0.15, 0.2) is 0 Å². The molecule has 0 saturated carbocycles. The highest BCUT2D eigenvalue weighted by molar-refractivity contribution is 5.47. The maximum atomic E-state index is 12.0. The quantitative estimate of drug-likeness (QED) is 0.867. The molecule has 0 amide bonds. The monoisotopic (exact) mass is 277 g/mol. The Kier molecular flexibility index (Phi) is 4.56. The Bertz CT molecular complexity index is 567. The van der Waals surface area contributed by atoms with E-state index in [1.54, 1.807) is 12.1 Å². The van der Waals surface area contributed by atoms with Crippen LogP contribution in [0.3, 0.4) is 0 Å². The molecule has 2 rings (SSSR count). The number of ether oxygens (including phenoxy) is 1. The number of anilines is 1. The predicted molar refractivity (Wildman–Crippen MR) is 76.3 cm³/mol. The lowest BCUT2D eigenvalue weighted by Gasteiger charge is -2.11. The largest absolute Gasteiger partial charge is 0.435 e. The molecule has 0 bridgehead atoms. The fourth-order valence-electron chi connectivity index (χ4n) is 1.94. The molecular weight excluding hydrogens is 260 g/mol. The van der Waals surface area contributed by atoms with E-state index in [9.17, 15) is 8.78 Å². The van der Waals surface area contributed by atoms with Crippen LogP contribution in [-0.2, 0) is 6.54 Å². The van der Waals surface area contributed by atoms with E-state index in [-0.39, 0.29) is 5.75 Å². The van der Waals surface area contributed by atoms with Gasteiger partial charge in [0.1, 0.15) is 5.75 Å². The Morgan fingerprint density at radius 3 is 2.40 bits per heavy atom. The third kappa shape index (κ3) is 3.95. The summed E-state index contributed by atoms with van der Waals surface area (Å²) in [4.78, 5) is 0. The zero-order chi connectivity index (χ0) is 14.5. The summed E-state index contributed by atoms with van der Waals surface area (Å²) in [6.45, 7) is 2.03. The molecule has 20 heavy (non-hydrogen) atoms. The Morgan fingerprint density at radius 1 is 1.05 bits per heavy atom. The average Bonchev–Trinajstić information content (AvgIpc) is 2.41. The van der Waals surface area contributed by atoms with Crippen LogP contribution in [0.4, 0.5) is 14.5 Å². The summed E-state index contributed by atoms with van der Waals surface area (Å²) in [5.41, 5.74) is 4.53. The molecule has 0 heterocycles. The van der Waals surface area contributed by atoms with Crippen molar-refractivity contribution in [3.05, 3.63) is 59.2 Å². The van der Waals surface area contributed by atoms with Crippen molar-refractivity contribution in [2.45, 2.75) is 27.0 Å². The zero-order valence-electron chi connectivity index (χ0n) is 11.5. The molecule has 0 aromatic heterocycles. The van der Waals surface area contributed by atoms with Crippen molar-refractivity contribution in [3.8, 4) is 5.75 Å². The Hall–Kier alpha value is -2.10.